The molecule has 0 radical (unpaired) electrons. The van der Waals surface area contributed by atoms with Crippen molar-refractivity contribution in [3.05, 3.63) is 29.8 Å². The van der Waals surface area contributed by atoms with Crippen molar-refractivity contribution in [2.24, 2.45) is 0 Å². The highest BCUT2D eigenvalue weighted by Crippen LogP contribution is 2.28. The number of hydrogen-bond acceptors (Lipinski definition) is 2. The van der Waals surface area contributed by atoms with E-state index < -0.39 is 0 Å². The third kappa shape index (κ3) is 2.18. The maximum atomic E-state index is 11.5. The molecule has 0 aliphatic carbocycles. The van der Waals surface area contributed by atoms with Gasteiger partial charge in [-0.25, -0.2) is 0 Å². The Morgan fingerprint density at radius 1 is 1.38 bits per heavy atom. The Balaban J connectivity index is 2.39. The molecule has 0 N–H and O–H groups in total. The SMILES string of the molecule is CC(=O)N1Cc2ccccc2OC(C)(C)C1. The van der Waals surface area contributed by atoms with E-state index in [1.54, 1.807) is 6.92 Å². The first-order valence-electron chi connectivity index (χ1n) is 5.50. The van der Waals surface area contributed by atoms with Crippen molar-refractivity contribution in [1.29, 1.82) is 0 Å². The molecule has 1 aliphatic heterocycles. The van der Waals surface area contributed by atoms with Gasteiger partial charge in [-0.15, -0.1) is 0 Å². The molecule has 0 bridgehead atoms. The van der Waals surface area contributed by atoms with Crippen molar-refractivity contribution in [2.75, 3.05) is 6.54 Å². The minimum absolute atomic E-state index is 0.0911. The number of para-hydroxylation sites is 1. The van der Waals surface area contributed by atoms with Crippen LogP contribution >= 0.6 is 0 Å². The molecule has 2 rings (SSSR count). The number of fused-ring (bicyclic) bond motifs is 1. The zero-order valence-corrected chi connectivity index (χ0v) is 9.99. The van der Waals surface area contributed by atoms with Crippen LogP contribution < -0.4 is 4.74 Å². The summed E-state index contributed by atoms with van der Waals surface area (Å²) in [7, 11) is 0. The van der Waals surface area contributed by atoms with Gasteiger partial charge in [0.05, 0.1) is 6.54 Å². The van der Waals surface area contributed by atoms with Crippen molar-refractivity contribution in [3.63, 3.8) is 0 Å². The van der Waals surface area contributed by atoms with Gasteiger partial charge in [0.25, 0.3) is 0 Å². The minimum atomic E-state index is -0.335. The minimum Gasteiger partial charge on any atom is -0.486 e. The number of hydrogen-bond donors (Lipinski definition) is 0. The van der Waals surface area contributed by atoms with E-state index in [0.717, 1.165) is 11.3 Å². The highest BCUT2D eigenvalue weighted by molar-refractivity contribution is 5.73. The van der Waals surface area contributed by atoms with Gasteiger partial charge in [0.2, 0.25) is 5.91 Å². The van der Waals surface area contributed by atoms with Crippen LogP contribution in [0.5, 0.6) is 5.75 Å². The highest BCUT2D eigenvalue weighted by atomic mass is 16.5. The van der Waals surface area contributed by atoms with Gasteiger partial charge in [-0.2, -0.15) is 0 Å². The van der Waals surface area contributed by atoms with Gasteiger partial charge in [-0.3, -0.25) is 4.79 Å². The summed E-state index contributed by atoms with van der Waals surface area (Å²) in [5.41, 5.74) is 0.737. The van der Waals surface area contributed by atoms with E-state index in [4.69, 9.17) is 4.74 Å². The third-order valence-electron chi connectivity index (χ3n) is 2.74. The number of nitrogens with zero attached hydrogens (tertiary/aromatic N) is 1. The highest BCUT2D eigenvalue weighted by Gasteiger charge is 2.29. The number of carbonyl (C=O) groups is 1. The Morgan fingerprint density at radius 3 is 2.75 bits per heavy atom. The number of rotatable bonds is 0. The monoisotopic (exact) mass is 219 g/mol. The van der Waals surface area contributed by atoms with Gasteiger partial charge >= 0.3 is 0 Å². The molecule has 1 aromatic carbocycles. The first-order chi connectivity index (χ1) is 7.48. The Bertz CT molecular complexity index is 412. The fourth-order valence-corrected chi connectivity index (χ4v) is 2.01. The van der Waals surface area contributed by atoms with Crippen molar-refractivity contribution in [1.82, 2.24) is 4.90 Å². The Kier molecular flexibility index (Phi) is 2.62. The normalized spacial score (nSPS) is 18.3. The molecule has 86 valence electrons. The lowest BCUT2D eigenvalue weighted by atomic mass is 10.1. The fraction of sp³-hybridized carbons (Fsp3) is 0.462. The first-order valence-corrected chi connectivity index (χ1v) is 5.50. The molecule has 3 nitrogen and oxygen atoms in total. The maximum Gasteiger partial charge on any atom is 0.219 e. The van der Waals surface area contributed by atoms with Gasteiger partial charge in [0.1, 0.15) is 11.4 Å². The second-order valence-corrected chi connectivity index (χ2v) is 4.84. The maximum absolute atomic E-state index is 11.5. The fourth-order valence-electron chi connectivity index (χ4n) is 2.01. The zero-order valence-electron chi connectivity index (χ0n) is 9.99. The molecule has 0 saturated heterocycles. The van der Waals surface area contributed by atoms with Gasteiger partial charge in [0, 0.05) is 19.0 Å². The Morgan fingerprint density at radius 2 is 2.06 bits per heavy atom. The molecule has 16 heavy (non-hydrogen) atoms. The smallest absolute Gasteiger partial charge is 0.219 e. The van der Waals surface area contributed by atoms with E-state index in [-0.39, 0.29) is 11.5 Å². The van der Waals surface area contributed by atoms with Gasteiger partial charge < -0.3 is 9.64 Å². The van der Waals surface area contributed by atoms with E-state index in [1.165, 1.54) is 0 Å². The van der Waals surface area contributed by atoms with E-state index in [2.05, 4.69) is 0 Å². The number of benzene rings is 1. The summed E-state index contributed by atoms with van der Waals surface area (Å²) in [5, 5.41) is 0. The van der Waals surface area contributed by atoms with Gasteiger partial charge in [-0.05, 0) is 19.9 Å². The first kappa shape index (κ1) is 11.0. The van der Waals surface area contributed by atoms with Crippen LogP contribution in [-0.4, -0.2) is 23.0 Å². The zero-order chi connectivity index (χ0) is 11.8. The second-order valence-electron chi connectivity index (χ2n) is 4.84. The molecule has 1 amide bonds. The summed E-state index contributed by atoms with van der Waals surface area (Å²) in [4.78, 5) is 13.3. The summed E-state index contributed by atoms with van der Waals surface area (Å²) in [6.45, 7) is 6.87. The number of carbonyl (C=O) groups excluding carboxylic acids is 1. The van der Waals surface area contributed by atoms with Crippen molar-refractivity contribution < 1.29 is 9.53 Å². The molecular weight excluding hydrogens is 202 g/mol. The molecule has 1 aromatic rings. The Labute approximate surface area is 96.0 Å². The lowest BCUT2D eigenvalue weighted by Crippen LogP contribution is -2.42. The molecule has 1 heterocycles. The van der Waals surface area contributed by atoms with Crippen LogP contribution in [0.25, 0.3) is 0 Å². The van der Waals surface area contributed by atoms with Crippen LogP contribution in [0.2, 0.25) is 0 Å². The molecule has 0 aromatic heterocycles. The quantitative estimate of drug-likeness (QED) is 0.669. The van der Waals surface area contributed by atoms with Crippen LogP contribution in [0.1, 0.15) is 26.3 Å². The molecule has 1 aliphatic rings. The van der Waals surface area contributed by atoms with Crippen LogP contribution in [0.4, 0.5) is 0 Å². The molecule has 0 spiro atoms. The Hall–Kier alpha value is -1.51. The largest absolute Gasteiger partial charge is 0.486 e. The molecule has 0 saturated carbocycles. The van der Waals surface area contributed by atoms with E-state index >= 15 is 0 Å². The second kappa shape index (κ2) is 3.81. The molecule has 0 unspecified atom stereocenters. The predicted octanol–water partition coefficient (Wildman–Crippen LogP) is 2.21. The lowest BCUT2D eigenvalue weighted by molar-refractivity contribution is -0.131. The van der Waals surface area contributed by atoms with Crippen molar-refractivity contribution in [2.45, 2.75) is 32.9 Å². The third-order valence-corrected chi connectivity index (χ3v) is 2.74. The average Bonchev–Trinajstić information content (AvgIpc) is 2.31. The lowest BCUT2D eigenvalue weighted by Gasteiger charge is -2.28. The summed E-state index contributed by atoms with van der Waals surface area (Å²) < 4.78 is 5.93. The molecule has 0 fully saturated rings. The summed E-state index contributed by atoms with van der Waals surface area (Å²) in [6, 6.07) is 7.89. The molecule has 3 heteroatoms. The predicted molar refractivity (Wildman–Crippen MR) is 62.2 cm³/mol. The summed E-state index contributed by atoms with van der Waals surface area (Å²) in [6.07, 6.45) is 0. The average molecular weight is 219 g/mol. The molecular formula is C13H17NO2. The van der Waals surface area contributed by atoms with E-state index in [0.29, 0.717) is 13.1 Å². The van der Waals surface area contributed by atoms with Gasteiger partial charge in [0.15, 0.2) is 0 Å². The molecule has 0 atom stereocenters. The van der Waals surface area contributed by atoms with Crippen LogP contribution in [-0.2, 0) is 11.3 Å². The number of amides is 1. The summed E-state index contributed by atoms with van der Waals surface area (Å²) in [5.74, 6) is 0.977. The van der Waals surface area contributed by atoms with Crippen LogP contribution in [0.3, 0.4) is 0 Å². The van der Waals surface area contributed by atoms with E-state index in [1.807, 2.05) is 43.0 Å². The van der Waals surface area contributed by atoms with E-state index in [9.17, 15) is 4.79 Å². The van der Waals surface area contributed by atoms with Crippen LogP contribution in [0, 0.1) is 0 Å². The number of ether oxygens (including phenoxy) is 1. The topological polar surface area (TPSA) is 29.5 Å². The summed E-state index contributed by atoms with van der Waals surface area (Å²) >= 11 is 0. The standard InChI is InChI=1S/C13H17NO2/c1-10(15)14-8-11-6-4-5-7-12(11)16-13(2,3)9-14/h4-7H,8-9H2,1-3H3. The van der Waals surface area contributed by atoms with Crippen LogP contribution in [0.15, 0.2) is 24.3 Å². The van der Waals surface area contributed by atoms with Crippen molar-refractivity contribution in [3.8, 4) is 5.75 Å². The van der Waals surface area contributed by atoms with Gasteiger partial charge in [-0.1, -0.05) is 18.2 Å². The van der Waals surface area contributed by atoms with Crippen molar-refractivity contribution >= 4 is 5.91 Å².